The first kappa shape index (κ1) is 16.5. The third-order valence-corrected chi connectivity index (χ3v) is 6.65. The quantitative estimate of drug-likeness (QED) is 0.563. The van der Waals surface area contributed by atoms with Crippen LogP contribution in [0.25, 0.3) is 21.1 Å². The molecule has 1 amide bonds. The van der Waals surface area contributed by atoms with Crippen LogP contribution in [-0.4, -0.2) is 33.9 Å². The van der Waals surface area contributed by atoms with Crippen LogP contribution in [0.2, 0.25) is 0 Å². The number of aromatic nitrogens is 2. The molecule has 136 valence electrons. The SMILES string of the molecule is O=C(Cc1c[nH]c2ccccc12)N1CCCC(c2nc3ccccc3s2)C1. The van der Waals surface area contributed by atoms with E-state index in [9.17, 15) is 4.79 Å². The summed E-state index contributed by atoms with van der Waals surface area (Å²) >= 11 is 1.77. The number of likely N-dealkylation sites (tertiary alicyclic amines) is 1. The minimum atomic E-state index is 0.213. The average molecular weight is 375 g/mol. The van der Waals surface area contributed by atoms with Gasteiger partial charge in [-0.25, -0.2) is 4.98 Å². The van der Waals surface area contributed by atoms with Gasteiger partial charge in [-0.05, 0) is 36.6 Å². The topological polar surface area (TPSA) is 49.0 Å². The number of rotatable bonds is 3. The molecule has 1 aliphatic heterocycles. The zero-order valence-electron chi connectivity index (χ0n) is 15.0. The average Bonchev–Trinajstić information content (AvgIpc) is 3.32. The highest BCUT2D eigenvalue weighted by atomic mass is 32.1. The molecule has 1 unspecified atom stereocenters. The number of hydrogen-bond acceptors (Lipinski definition) is 3. The number of carbonyl (C=O) groups is 1. The molecule has 0 saturated carbocycles. The number of fused-ring (bicyclic) bond motifs is 2. The van der Waals surface area contributed by atoms with Crippen molar-refractivity contribution in [2.45, 2.75) is 25.2 Å². The summed E-state index contributed by atoms with van der Waals surface area (Å²) in [6, 6.07) is 16.4. The summed E-state index contributed by atoms with van der Waals surface area (Å²) in [6.07, 6.45) is 4.57. The number of nitrogens with zero attached hydrogens (tertiary/aromatic N) is 2. The molecule has 0 spiro atoms. The monoisotopic (exact) mass is 375 g/mol. The minimum Gasteiger partial charge on any atom is -0.361 e. The Balaban J connectivity index is 1.33. The van der Waals surface area contributed by atoms with Crippen molar-refractivity contribution in [3.05, 3.63) is 65.3 Å². The van der Waals surface area contributed by atoms with Crippen molar-refractivity contribution in [1.29, 1.82) is 0 Å². The molecule has 4 nitrogen and oxygen atoms in total. The van der Waals surface area contributed by atoms with E-state index in [0.29, 0.717) is 12.3 Å². The molecule has 5 heteroatoms. The molecular formula is C22H21N3OS. The van der Waals surface area contributed by atoms with Gasteiger partial charge >= 0.3 is 0 Å². The smallest absolute Gasteiger partial charge is 0.227 e. The number of nitrogens with one attached hydrogen (secondary N) is 1. The standard InChI is InChI=1S/C22H21N3OS/c26-21(12-16-13-23-18-8-2-1-7-17(16)18)25-11-5-6-15(14-25)22-24-19-9-3-4-10-20(19)27-22/h1-4,7-10,13,15,23H,5-6,11-12,14H2. The minimum absolute atomic E-state index is 0.213. The maximum absolute atomic E-state index is 13.0. The Kier molecular flexibility index (Phi) is 4.17. The Morgan fingerprint density at radius 2 is 2.04 bits per heavy atom. The molecule has 2 aromatic carbocycles. The van der Waals surface area contributed by atoms with Crippen molar-refractivity contribution in [2.75, 3.05) is 13.1 Å². The van der Waals surface area contributed by atoms with Crippen LogP contribution in [0.15, 0.2) is 54.7 Å². The van der Waals surface area contributed by atoms with Gasteiger partial charge in [0.1, 0.15) is 0 Å². The fourth-order valence-electron chi connectivity index (χ4n) is 4.02. The number of thiazole rings is 1. The highest BCUT2D eigenvalue weighted by Gasteiger charge is 2.27. The number of carbonyl (C=O) groups excluding carboxylic acids is 1. The Hall–Kier alpha value is -2.66. The van der Waals surface area contributed by atoms with Gasteiger partial charge in [0.05, 0.1) is 21.6 Å². The van der Waals surface area contributed by atoms with Gasteiger partial charge in [0, 0.05) is 36.1 Å². The summed E-state index contributed by atoms with van der Waals surface area (Å²) < 4.78 is 1.23. The van der Waals surface area contributed by atoms with Crippen molar-refractivity contribution in [3.8, 4) is 0 Å². The van der Waals surface area contributed by atoms with E-state index in [1.54, 1.807) is 11.3 Å². The first-order valence-electron chi connectivity index (χ1n) is 9.46. The number of para-hydroxylation sites is 2. The predicted molar refractivity (Wildman–Crippen MR) is 110 cm³/mol. The third-order valence-electron chi connectivity index (χ3n) is 5.45. The van der Waals surface area contributed by atoms with E-state index in [-0.39, 0.29) is 5.91 Å². The Labute approximate surface area is 161 Å². The van der Waals surface area contributed by atoms with Crippen molar-refractivity contribution < 1.29 is 4.79 Å². The Bertz CT molecular complexity index is 1080. The van der Waals surface area contributed by atoms with E-state index in [0.717, 1.165) is 47.9 Å². The van der Waals surface area contributed by atoms with Crippen molar-refractivity contribution >= 4 is 38.4 Å². The highest BCUT2D eigenvalue weighted by Crippen LogP contribution is 2.33. The summed E-state index contributed by atoms with van der Waals surface area (Å²) in [5.74, 6) is 0.564. The second kappa shape index (κ2) is 6.82. The molecule has 1 N–H and O–H groups in total. The van der Waals surface area contributed by atoms with Crippen LogP contribution >= 0.6 is 11.3 Å². The molecule has 3 heterocycles. The van der Waals surface area contributed by atoms with Crippen molar-refractivity contribution in [1.82, 2.24) is 14.9 Å². The molecule has 2 aromatic heterocycles. The van der Waals surface area contributed by atoms with Gasteiger partial charge in [-0.1, -0.05) is 30.3 Å². The summed E-state index contributed by atoms with van der Waals surface area (Å²) in [5.41, 5.74) is 3.24. The van der Waals surface area contributed by atoms with Crippen molar-refractivity contribution in [3.63, 3.8) is 0 Å². The molecule has 1 atom stereocenters. The highest BCUT2D eigenvalue weighted by molar-refractivity contribution is 7.18. The van der Waals surface area contributed by atoms with Gasteiger partial charge in [0.15, 0.2) is 0 Å². The second-order valence-corrected chi connectivity index (χ2v) is 8.30. The molecule has 1 saturated heterocycles. The van der Waals surface area contributed by atoms with E-state index in [1.807, 2.05) is 35.4 Å². The lowest BCUT2D eigenvalue weighted by Crippen LogP contribution is -2.39. The van der Waals surface area contributed by atoms with Crippen LogP contribution in [0.4, 0.5) is 0 Å². The summed E-state index contributed by atoms with van der Waals surface area (Å²) in [7, 11) is 0. The van der Waals surface area contributed by atoms with E-state index in [4.69, 9.17) is 4.98 Å². The molecular weight excluding hydrogens is 354 g/mol. The van der Waals surface area contributed by atoms with E-state index in [1.165, 1.54) is 9.71 Å². The van der Waals surface area contributed by atoms with Crippen LogP contribution in [-0.2, 0) is 11.2 Å². The lowest BCUT2D eigenvalue weighted by molar-refractivity contribution is -0.131. The largest absolute Gasteiger partial charge is 0.361 e. The first-order valence-corrected chi connectivity index (χ1v) is 10.3. The van der Waals surface area contributed by atoms with Crippen LogP contribution in [0.1, 0.15) is 29.3 Å². The number of benzene rings is 2. The fourth-order valence-corrected chi connectivity index (χ4v) is 5.12. The van der Waals surface area contributed by atoms with Crippen LogP contribution < -0.4 is 0 Å². The van der Waals surface area contributed by atoms with E-state index >= 15 is 0 Å². The van der Waals surface area contributed by atoms with Gasteiger partial charge in [-0.15, -0.1) is 11.3 Å². The maximum Gasteiger partial charge on any atom is 0.227 e. The van der Waals surface area contributed by atoms with Gasteiger partial charge in [0.25, 0.3) is 0 Å². The normalized spacial score (nSPS) is 17.6. The van der Waals surface area contributed by atoms with E-state index in [2.05, 4.69) is 29.2 Å². The Morgan fingerprint density at radius 1 is 1.19 bits per heavy atom. The van der Waals surface area contributed by atoms with Crippen LogP contribution in [0, 0.1) is 0 Å². The third kappa shape index (κ3) is 3.12. The molecule has 4 aromatic rings. The lowest BCUT2D eigenvalue weighted by atomic mass is 9.98. The zero-order valence-corrected chi connectivity index (χ0v) is 15.8. The lowest BCUT2D eigenvalue weighted by Gasteiger charge is -2.32. The fraction of sp³-hybridized carbons (Fsp3) is 0.273. The molecule has 5 rings (SSSR count). The van der Waals surface area contributed by atoms with Crippen LogP contribution in [0.5, 0.6) is 0 Å². The van der Waals surface area contributed by atoms with Gasteiger partial charge in [-0.3, -0.25) is 4.79 Å². The summed E-state index contributed by atoms with van der Waals surface area (Å²) in [6.45, 7) is 1.63. The first-order chi connectivity index (χ1) is 13.3. The number of amides is 1. The molecule has 0 aliphatic carbocycles. The summed E-state index contributed by atoms with van der Waals surface area (Å²) in [4.78, 5) is 23.1. The second-order valence-electron chi connectivity index (χ2n) is 7.24. The van der Waals surface area contributed by atoms with Gasteiger partial charge < -0.3 is 9.88 Å². The predicted octanol–water partition coefficient (Wildman–Crippen LogP) is 4.73. The number of H-pyrrole nitrogens is 1. The number of hydrogen-bond donors (Lipinski definition) is 1. The molecule has 1 fully saturated rings. The van der Waals surface area contributed by atoms with Gasteiger partial charge in [0.2, 0.25) is 5.91 Å². The van der Waals surface area contributed by atoms with Gasteiger partial charge in [-0.2, -0.15) is 0 Å². The summed E-state index contributed by atoms with van der Waals surface area (Å²) in [5, 5.41) is 2.31. The Morgan fingerprint density at radius 3 is 2.96 bits per heavy atom. The molecule has 0 radical (unpaired) electrons. The number of piperidine rings is 1. The van der Waals surface area contributed by atoms with Crippen molar-refractivity contribution in [2.24, 2.45) is 0 Å². The maximum atomic E-state index is 13.0. The molecule has 27 heavy (non-hydrogen) atoms. The number of aromatic amines is 1. The molecule has 1 aliphatic rings. The van der Waals surface area contributed by atoms with E-state index < -0.39 is 0 Å². The van der Waals surface area contributed by atoms with Crippen LogP contribution in [0.3, 0.4) is 0 Å². The zero-order chi connectivity index (χ0) is 18.2. The molecule has 0 bridgehead atoms.